The number of hydrogen-bond acceptors (Lipinski definition) is 6. The van der Waals surface area contributed by atoms with E-state index in [0.29, 0.717) is 23.3 Å². The van der Waals surface area contributed by atoms with E-state index in [2.05, 4.69) is 10.9 Å². The number of piperidine rings is 1. The number of carbonyl (C=O) groups excluding carboxylic acids is 1. The molecule has 4 rings (SSSR count). The molecule has 0 radical (unpaired) electrons. The Kier molecular flexibility index (Phi) is 7.23. The number of benzene rings is 2. The van der Waals surface area contributed by atoms with E-state index in [-0.39, 0.29) is 38.5 Å². The standard InChI is InChI=1S/C24H26N4O5S3/c1-4-11-28-21-10-9-20(35(25,30)31)13-22(21)34-24(28)26-23(29)18-5-7-19(8-6-18)36(32,33)27-14-16(2)12-17(3)15-27/h1,5-10,13,16-17H,11-12,14-15H2,2-3H3,(H2,25,30,31)/t16-,17-/m1/s1. The number of nitrogens with zero attached hydrogens (tertiary/aromatic N) is 3. The molecule has 1 amide bonds. The molecule has 9 nitrogen and oxygen atoms in total. The van der Waals surface area contributed by atoms with Crippen LogP contribution >= 0.6 is 11.3 Å². The molecule has 190 valence electrons. The summed E-state index contributed by atoms with van der Waals surface area (Å²) in [5.41, 5.74) is 0.826. The lowest BCUT2D eigenvalue weighted by atomic mass is 9.94. The van der Waals surface area contributed by atoms with E-state index in [1.54, 1.807) is 10.6 Å². The summed E-state index contributed by atoms with van der Waals surface area (Å²) >= 11 is 1.10. The van der Waals surface area contributed by atoms with Crippen LogP contribution in [0.3, 0.4) is 0 Å². The van der Waals surface area contributed by atoms with Crippen LogP contribution in [0.15, 0.2) is 57.2 Å². The van der Waals surface area contributed by atoms with Crippen molar-refractivity contribution < 1.29 is 21.6 Å². The Labute approximate surface area is 214 Å². The number of rotatable bonds is 5. The second-order valence-electron chi connectivity index (χ2n) is 9.06. The van der Waals surface area contributed by atoms with Crippen molar-refractivity contribution in [3.8, 4) is 12.3 Å². The topological polar surface area (TPSA) is 132 Å². The zero-order valence-corrected chi connectivity index (χ0v) is 22.2. The average molecular weight is 547 g/mol. The Morgan fingerprint density at radius 2 is 1.69 bits per heavy atom. The highest BCUT2D eigenvalue weighted by atomic mass is 32.2. The zero-order chi connectivity index (χ0) is 26.3. The molecule has 1 saturated heterocycles. The number of hydrogen-bond donors (Lipinski definition) is 1. The van der Waals surface area contributed by atoms with Gasteiger partial charge in [-0.15, -0.1) is 6.42 Å². The van der Waals surface area contributed by atoms with Gasteiger partial charge in [-0.2, -0.15) is 9.30 Å². The van der Waals surface area contributed by atoms with Crippen molar-refractivity contribution in [1.29, 1.82) is 0 Å². The van der Waals surface area contributed by atoms with Gasteiger partial charge in [0.05, 0.1) is 26.6 Å². The van der Waals surface area contributed by atoms with Crippen LogP contribution in [0.2, 0.25) is 0 Å². The van der Waals surface area contributed by atoms with Gasteiger partial charge in [-0.05, 0) is 60.7 Å². The van der Waals surface area contributed by atoms with E-state index in [1.165, 1.54) is 40.7 Å². The normalized spacial score (nSPS) is 19.9. The van der Waals surface area contributed by atoms with Crippen LogP contribution in [-0.2, 0) is 26.6 Å². The number of thiazole rings is 1. The molecule has 1 aliphatic heterocycles. The third kappa shape index (κ3) is 5.30. The quantitative estimate of drug-likeness (QED) is 0.491. The summed E-state index contributed by atoms with van der Waals surface area (Å²) in [6.07, 6.45) is 6.47. The molecule has 36 heavy (non-hydrogen) atoms. The highest BCUT2D eigenvalue weighted by Gasteiger charge is 2.31. The molecular formula is C24H26N4O5S3. The molecule has 0 bridgehead atoms. The van der Waals surface area contributed by atoms with E-state index >= 15 is 0 Å². The van der Waals surface area contributed by atoms with Crippen molar-refractivity contribution in [3.63, 3.8) is 0 Å². The maximum Gasteiger partial charge on any atom is 0.279 e. The smallest absolute Gasteiger partial charge is 0.279 e. The van der Waals surface area contributed by atoms with Crippen LogP contribution in [0, 0.1) is 24.2 Å². The maximum atomic E-state index is 13.1. The summed E-state index contributed by atoms with van der Waals surface area (Å²) in [6.45, 7) is 5.13. The first-order valence-corrected chi connectivity index (χ1v) is 15.0. The number of sulfonamides is 2. The molecular weight excluding hydrogens is 520 g/mol. The van der Waals surface area contributed by atoms with Crippen LogP contribution in [0.4, 0.5) is 0 Å². The minimum Gasteiger partial charge on any atom is -0.305 e. The molecule has 2 aromatic carbocycles. The summed E-state index contributed by atoms with van der Waals surface area (Å²) in [4.78, 5) is 17.5. The Morgan fingerprint density at radius 3 is 2.28 bits per heavy atom. The Morgan fingerprint density at radius 1 is 1.08 bits per heavy atom. The van der Waals surface area contributed by atoms with Crippen LogP contribution in [0.1, 0.15) is 30.6 Å². The second kappa shape index (κ2) is 9.91. The molecule has 0 unspecified atom stereocenters. The highest BCUT2D eigenvalue weighted by Crippen LogP contribution is 2.27. The van der Waals surface area contributed by atoms with Crippen LogP contribution in [-0.4, -0.2) is 44.7 Å². The fourth-order valence-corrected chi connectivity index (χ4v) is 7.79. The maximum absolute atomic E-state index is 13.1. The lowest BCUT2D eigenvalue weighted by Crippen LogP contribution is -2.42. The second-order valence-corrected chi connectivity index (χ2v) is 13.6. The van der Waals surface area contributed by atoms with Crippen molar-refractivity contribution in [2.75, 3.05) is 13.1 Å². The Hall–Kier alpha value is -2.82. The van der Waals surface area contributed by atoms with Crippen molar-refractivity contribution in [3.05, 3.63) is 52.8 Å². The Balaban J connectivity index is 1.67. The number of aromatic nitrogens is 1. The molecule has 1 aromatic heterocycles. The van der Waals surface area contributed by atoms with Crippen molar-refractivity contribution in [2.45, 2.75) is 36.6 Å². The average Bonchev–Trinajstić information content (AvgIpc) is 3.14. The van der Waals surface area contributed by atoms with Gasteiger partial charge in [0.15, 0.2) is 4.80 Å². The van der Waals surface area contributed by atoms with E-state index in [9.17, 15) is 21.6 Å². The van der Waals surface area contributed by atoms with Gasteiger partial charge in [0, 0.05) is 18.7 Å². The monoisotopic (exact) mass is 546 g/mol. The summed E-state index contributed by atoms with van der Waals surface area (Å²) < 4.78 is 53.3. The molecule has 3 aromatic rings. The fraction of sp³-hybridized carbons (Fsp3) is 0.333. The van der Waals surface area contributed by atoms with Crippen LogP contribution in [0.5, 0.6) is 0 Å². The lowest BCUT2D eigenvalue weighted by molar-refractivity contribution is 0.0997. The molecule has 1 aliphatic rings. The highest BCUT2D eigenvalue weighted by molar-refractivity contribution is 7.89. The molecule has 1 fully saturated rings. The number of fused-ring (bicyclic) bond motifs is 1. The summed E-state index contributed by atoms with van der Waals surface area (Å²) in [5.74, 6) is 2.48. The fourth-order valence-electron chi connectivity index (χ4n) is 4.43. The number of terminal acetylenes is 1. The predicted octanol–water partition coefficient (Wildman–Crippen LogP) is 2.39. The summed E-state index contributed by atoms with van der Waals surface area (Å²) in [6, 6.07) is 10.1. The lowest BCUT2D eigenvalue weighted by Gasteiger charge is -2.34. The third-order valence-electron chi connectivity index (χ3n) is 6.00. The third-order valence-corrected chi connectivity index (χ3v) is 9.80. The van der Waals surface area contributed by atoms with Crippen molar-refractivity contribution >= 4 is 47.5 Å². The number of carbonyl (C=O) groups is 1. The van der Waals surface area contributed by atoms with Gasteiger partial charge in [0.2, 0.25) is 20.0 Å². The molecule has 0 saturated carbocycles. The van der Waals surface area contributed by atoms with Gasteiger partial charge in [0.1, 0.15) is 0 Å². The largest absolute Gasteiger partial charge is 0.305 e. The molecule has 0 spiro atoms. The van der Waals surface area contributed by atoms with Gasteiger partial charge in [0.25, 0.3) is 5.91 Å². The molecule has 12 heteroatoms. The predicted molar refractivity (Wildman–Crippen MR) is 138 cm³/mol. The Bertz CT molecular complexity index is 1640. The number of nitrogens with two attached hydrogens (primary N) is 1. The van der Waals surface area contributed by atoms with E-state index < -0.39 is 26.0 Å². The van der Waals surface area contributed by atoms with Gasteiger partial charge >= 0.3 is 0 Å². The summed E-state index contributed by atoms with van der Waals surface area (Å²) in [5, 5.41) is 5.23. The minimum absolute atomic E-state index is 0.0590. The molecule has 2 heterocycles. The van der Waals surface area contributed by atoms with Crippen molar-refractivity contribution in [1.82, 2.24) is 8.87 Å². The SMILES string of the molecule is C#CCn1c(=NC(=O)c2ccc(S(=O)(=O)N3C[C@H](C)C[C@@H](C)C3)cc2)sc2cc(S(N)(=O)=O)ccc21. The summed E-state index contributed by atoms with van der Waals surface area (Å²) in [7, 11) is -7.57. The number of primary sulfonamides is 1. The molecule has 2 atom stereocenters. The van der Waals surface area contributed by atoms with E-state index in [4.69, 9.17) is 11.6 Å². The van der Waals surface area contributed by atoms with Crippen LogP contribution < -0.4 is 9.94 Å². The molecule has 2 N–H and O–H groups in total. The van der Waals surface area contributed by atoms with E-state index in [0.717, 1.165) is 17.8 Å². The minimum atomic E-state index is -3.90. The van der Waals surface area contributed by atoms with E-state index in [1.807, 2.05) is 13.8 Å². The number of amides is 1. The van der Waals surface area contributed by atoms with Gasteiger partial charge in [-0.3, -0.25) is 4.79 Å². The first kappa shape index (κ1) is 26.2. The first-order valence-electron chi connectivity index (χ1n) is 11.2. The van der Waals surface area contributed by atoms with Gasteiger partial charge in [-0.25, -0.2) is 22.0 Å². The van der Waals surface area contributed by atoms with Crippen molar-refractivity contribution in [2.24, 2.45) is 22.0 Å². The van der Waals surface area contributed by atoms with Gasteiger partial charge in [-0.1, -0.05) is 31.1 Å². The zero-order valence-electron chi connectivity index (χ0n) is 19.8. The van der Waals surface area contributed by atoms with Gasteiger partial charge < -0.3 is 4.57 Å². The first-order chi connectivity index (χ1) is 16.9. The van der Waals surface area contributed by atoms with Crippen LogP contribution in [0.25, 0.3) is 10.2 Å². The molecule has 0 aliphatic carbocycles.